The molecule has 102 valence electrons. The zero-order valence-electron chi connectivity index (χ0n) is 10.0. The number of carboxylic acid groups (broad SMARTS) is 1. The van der Waals surface area contributed by atoms with Crippen molar-refractivity contribution in [2.75, 3.05) is 0 Å². The first-order chi connectivity index (χ1) is 8.88. The summed E-state index contributed by atoms with van der Waals surface area (Å²) in [6.45, 7) is 3.53. The highest BCUT2D eigenvalue weighted by molar-refractivity contribution is 9.11. The summed E-state index contributed by atoms with van der Waals surface area (Å²) in [7, 11) is 0. The minimum atomic E-state index is -1.15. The number of carbonyl (C=O) groups excluding carboxylic acids is 1. The third kappa shape index (κ3) is 5.65. The molecule has 0 aromatic heterocycles. The van der Waals surface area contributed by atoms with Gasteiger partial charge in [0.2, 0.25) is 5.91 Å². The molecule has 0 saturated heterocycles. The summed E-state index contributed by atoms with van der Waals surface area (Å²) < 4.78 is 13.4. The molecule has 1 aromatic rings. The van der Waals surface area contributed by atoms with Crippen LogP contribution in [0, 0.1) is 5.82 Å². The molecular weight excluding hydrogens is 317 g/mol. The Morgan fingerprint density at radius 2 is 2.16 bits per heavy atom. The van der Waals surface area contributed by atoms with Gasteiger partial charge in [0.05, 0.1) is 6.42 Å². The second kappa shape index (κ2) is 7.04. The zero-order chi connectivity index (χ0) is 14.4. The van der Waals surface area contributed by atoms with Gasteiger partial charge < -0.3 is 10.4 Å². The highest BCUT2D eigenvalue weighted by atomic mass is 79.9. The molecule has 0 aliphatic heterocycles. The fourth-order valence-corrected chi connectivity index (χ4v) is 1.82. The molecular formula is C13H13BrFNO3. The van der Waals surface area contributed by atoms with Crippen LogP contribution in [0.4, 0.5) is 4.39 Å². The van der Waals surface area contributed by atoms with Gasteiger partial charge in [-0.1, -0.05) is 34.6 Å². The van der Waals surface area contributed by atoms with Crippen LogP contribution in [0.5, 0.6) is 0 Å². The Morgan fingerprint density at radius 3 is 2.68 bits per heavy atom. The smallest absolute Gasteiger partial charge is 0.326 e. The molecule has 0 fully saturated rings. The van der Waals surface area contributed by atoms with Crippen molar-refractivity contribution in [1.29, 1.82) is 0 Å². The van der Waals surface area contributed by atoms with Crippen LogP contribution in [0.1, 0.15) is 12.0 Å². The predicted molar refractivity (Wildman–Crippen MR) is 72.4 cm³/mol. The Kier molecular flexibility index (Phi) is 5.69. The van der Waals surface area contributed by atoms with Crippen molar-refractivity contribution in [2.45, 2.75) is 18.9 Å². The Bertz CT molecular complexity index is 504. The molecule has 0 aliphatic rings. The first-order valence-electron chi connectivity index (χ1n) is 5.48. The maximum atomic E-state index is 12.9. The normalized spacial score (nSPS) is 11.7. The van der Waals surface area contributed by atoms with Crippen LogP contribution in [0.3, 0.4) is 0 Å². The van der Waals surface area contributed by atoms with E-state index < -0.39 is 23.7 Å². The lowest BCUT2D eigenvalue weighted by Crippen LogP contribution is -2.41. The monoisotopic (exact) mass is 329 g/mol. The van der Waals surface area contributed by atoms with Gasteiger partial charge >= 0.3 is 5.97 Å². The molecule has 0 radical (unpaired) electrons. The number of amides is 1. The standard InChI is InChI=1S/C13H13BrFNO3/c1-8(14)5-11(13(18)19)16-12(17)7-9-3-2-4-10(15)6-9/h2-4,6,11H,1,5,7H2,(H,16,17)(H,18,19)/t11-/m0/s1. The van der Waals surface area contributed by atoms with Gasteiger partial charge in [0, 0.05) is 6.42 Å². The number of hydrogen-bond donors (Lipinski definition) is 2. The highest BCUT2D eigenvalue weighted by Gasteiger charge is 2.20. The molecule has 19 heavy (non-hydrogen) atoms. The number of nitrogens with one attached hydrogen (secondary N) is 1. The molecule has 1 atom stereocenters. The number of benzene rings is 1. The molecule has 0 heterocycles. The minimum Gasteiger partial charge on any atom is -0.480 e. The van der Waals surface area contributed by atoms with E-state index in [9.17, 15) is 14.0 Å². The second-order valence-electron chi connectivity index (χ2n) is 3.99. The van der Waals surface area contributed by atoms with Crippen LogP contribution in [-0.4, -0.2) is 23.0 Å². The Morgan fingerprint density at radius 1 is 1.47 bits per heavy atom. The number of hydrogen-bond acceptors (Lipinski definition) is 2. The van der Waals surface area contributed by atoms with E-state index in [0.29, 0.717) is 10.0 Å². The minimum absolute atomic E-state index is 0.0731. The van der Waals surface area contributed by atoms with Crippen LogP contribution in [0.25, 0.3) is 0 Å². The molecule has 0 saturated carbocycles. The summed E-state index contributed by atoms with van der Waals surface area (Å²) in [6, 6.07) is 4.55. The molecule has 1 amide bonds. The second-order valence-corrected chi connectivity index (χ2v) is 5.11. The summed E-state index contributed by atoms with van der Waals surface area (Å²) in [4.78, 5) is 22.6. The lowest BCUT2D eigenvalue weighted by molar-refractivity contribution is -0.141. The van der Waals surface area contributed by atoms with E-state index in [1.54, 1.807) is 6.07 Å². The van der Waals surface area contributed by atoms with E-state index in [-0.39, 0.29) is 12.8 Å². The lowest BCUT2D eigenvalue weighted by Gasteiger charge is -2.13. The van der Waals surface area contributed by atoms with Crippen molar-refractivity contribution in [2.24, 2.45) is 0 Å². The van der Waals surface area contributed by atoms with Gasteiger partial charge in [-0.25, -0.2) is 9.18 Å². The Labute approximate surface area is 118 Å². The first kappa shape index (κ1) is 15.4. The fourth-order valence-electron chi connectivity index (χ4n) is 1.50. The molecule has 1 aromatic carbocycles. The number of carbonyl (C=O) groups is 2. The number of aliphatic carboxylic acids is 1. The SMILES string of the molecule is C=C(Br)C[C@H](NC(=O)Cc1cccc(F)c1)C(=O)O. The number of carboxylic acids is 1. The molecule has 0 unspecified atom stereocenters. The van der Waals surface area contributed by atoms with E-state index in [0.717, 1.165) is 0 Å². The third-order valence-electron chi connectivity index (χ3n) is 2.31. The molecule has 2 N–H and O–H groups in total. The maximum Gasteiger partial charge on any atom is 0.326 e. The molecule has 0 aliphatic carbocycles. The fraction of sp³-hybridized carbons (Fsp3) is 0.231. The average Bonchev–Trinajstić information content (AvgIpc) is 2.27. The largest absolute Gasteiger partial charge is 0.480 e. The van der Waals surface area contributed by atoms with Crippen molar-refractivity contribution in [1.82, 2.24) is 5.32 Å². The third-order valence-corrected chi connectivity index (χ3v) is 2.64. The van der Waals surface area contributed by atoms with E-state index in [1.807, 2.05) is 0 Å². The Hall–Kier alpha value is -1.69. The molecule has 6 heteroatoms. The van der Waals surface area contributed by atoms with Crippen LogP contribution in [0.15, 0.2) is 35.3 Å². The first-order valence-corrected chi connectivity index (χ1v) is 6.27. The molecule has 0 spiro atoms. The lowest BCUT2D eigenvalue weighted by atomic mass is 10.1. The van der Waals surface area contributed by atoms with Gasteiger partial charge in [-0.15, -0.1) is 0 Å². The average molecular weight is 330 g/mol. The van der Waals surface area contributed by atoms with Crippen LogP contribution >= 0.6 is 15.9 Å². The highest BCUT2D eigenvalue weighted by Crippen LogP contribution is 2.11. The summed E-state index contributed by atoms with van der Waals surface area (Å²) in [5.74, 6) is -2.06. The predicted octanol–water partition coefficient (Wildman–Crippen LogP) is 2.24. The van der Waals surface area contributed by atoms with Crippen LogP contribution in [-0.2, 0) is 16.0 Å². The van der Waals surface area contributed by atoms with Crippen molar-refractivity contribution < 1.29 is 19.1 Å². The maximum absolute atomic E-state index is 12.9. The molecule has 4 nitrogen and oxygen atoms in total. The summed E-state index contributed by atoms with van der Waals surface area (Å²) >= 11 is 3.05. The molecule has 0 bridgehead atoms. The van der Waals surface area contributed by atoms with E-state index in [2.05, 4.69) is 27.8 Å². The topological polar surface area (TPSA) is 66.4 Å². The van der Waals surface area contributed by atoms with E-state index in [1.165, 1.54) is 18.2 Å². The van der Waals surface area contributed by atoms with Crippen molar-refractivity contribution in [3.05, 3.63) is 46.7 Å². The van der Waals surface area contributed by atoms with Gasteiger partial charge in [-0.05, 0) is 22.2 Å². The van der Waals surface area contributed by atoms with Gasteiger partial charge in [-0.2, -0.15) is 0 Å². The number of halogens is 2. The van der Waals surface area contributed by atoms with Gasteiger partial charge in [0.1, 0.15) is 11.9 Å². The van der Waals surface area contributed by atoms with Crippen molar-refractivity contribution in [3.8, 4) is 0 Å². The zero-order valence-corrected chi connectivity index (χ0v) is 11.6. The molecule has 1 rings (SSSR count). The Balaban J connectivity index is 2.62. The van der Waals surface area contributed by atoms with E-state index in [4.69, 9.17) is 5.11 Å². The van der Waals surface area contributed by atoms with E-state index >= 15 is 0 Å². The van der Waals surface area contributed by atoms with Crippen molar-refractivity contribution >= 4 is 27.8 Å². The van der Waals surface area contributed by atoms with Crippen molar-refractivity contribution in [3.63, 3.8) is 0 Å². The quantitative estimate of drug-likeness (QED) is 0.841. The van der Waals surface area contributed by atoms with Crippen LogP contribution in [0.2, 0.25) is 0 Å². The summed E-state index contributed by atoms with van der Waals surface area (Å²) in [6.07, 6.45) is 0.0144. The van der Waals surface area contributed by atoms with Gasteiger partial charge in [0.25, 0.3) is 0 Å². The summed E-state index contributed by atoms with van der Waals surface area (Å²) in [5.41, 5.74) is 0.485. The van der Waals surface area contributed by atoms with Gasteiger partial charge in [0.15, 0.2) is 0 Å². The summed E-state index contributed by atoms with van der Waals surface area (Å²) in [5, 5.41) is 11.3. The van der Waals surface area contributed by atoms with Crippen LogP contribution < -0.4 is 5.32 Å². The van der Waals surface area contributed by atoms with Gasteiger partial charge in [-0.3, -0.25) is 4.79 Å². The number of rotatable bonds is 6.